The van der Waals surface area contributed by atoms with Crippen molar-refractivity contribution in [3.05, 3.63) is 60.2 Å². The average molecular weight is 423 g/mol. The van der Waals surface area contributed by atoms with E-state index >= 15 is 0 Å². The van der Waals surface area contributed by atoms with Crippen LogP contribution in [-0.4, -0.2) is 72.8 Å². The quantitative estimate of drug-likeness (QED) is 0.707. The highest BCUT2D eigenvalue weighted by Gasteiger charge is 2.23. The molecule has 0 unspecified atom stereocenters. The molecule has 0 aromatic heterocycles. The monoisotopic (exact) mass is 423 g/mol. The number of amides is 3. The maximum absolute atomic E-state index is 12.2. The van der Waals surface area contributed by atoms with Crippen LogP contribution in [0.4, 0.5) is 0 Å². The van der Waals surface area contributed by atoms with Gasteiger partial charge < -0.3 is 19.9 Å². The van der Waals surface area contributed by atoms with Gasteiger partial charge in [0, 0.05) is 38.7 Å². The number of piperazine rings is 1. The van der Waals surface area contributed by atoms with Gasteiger partial charge in [-0.3, -0.25) is 19.2 Å². The van der Waals surface area contributed by atoms with E-state index in [-0.39, 0.29) is 25.0 Å². The molecule has 0 radical (unpaired) electrons. The molecule has 3 amide bonds. The Morgan fingerprint density at radius 3 is 2.03 bits per heavy atom. The second kappa shape index (κ2) is 10.4. The molecular weight excluding hydrogens is 398 g/mol. The summed E-state index contributed by atoms with van der Waals surface area (Å²) in [5, 5.41) is 2.50. The number of carbonyl (C=O) groups is 4. The van der Waals surface area contributed by atoms with Gasteiger partial charge in [-0.05, 0) is 23.3 Å². The molecule has 1 saturated heterocycles. The zero-order valence-electron chi connectivity index (χ0n) is 17.4. The number of nitrogens with zero attached hydrogens (tertiary/aromatic N) is 2. The van der Waals surface area contributed by atoms with Gasteiger partial charge in [-0.2, -0.15) is 0 Å². The van der Waals surface area contributed by atoms with Crippen molar-refractivity contribution in [2.45, 2.75) is 6.92 Å². The number of hydrogen-bond acceptors (Lipinski definition) is 5. The second-order valence-electron chi connectivity index (χ2n) is 7.17. The minimum atomic E-state index is -0.690. The molecule has 8 nitrogen and oxygen atoms in total. The van der Waals surface area contributed by atoms with E-state index < -0.39 is 11.9 Å². The highest BCUT2D eigenvalue weighted by molar-refractivity contribution is 5.96. The van der Waals surface area contributed by atoms with Gasteiger partial charge in [0.25, 0.3) is 11.8 Å². The van der Waals surface area contributed by atoms with E-state index in [0.717, 1.165) is 11.1 Å². The lowest BCUT2D eigenvalue weighted by Gasteiger charge is -2.34. The van der Waals surface area contributed by atoms with Gasteiger partial charge in [0.1, 0.15) is 6.54 Å². The third-order valence-electron chi connectivity index (χ3n) is 5.08. The van der Waals surface area contributed by atoms with Gasteiger partial charge in [-0.15, -0.1) is 0 Å². The summed E-state index contributed by atoms with van der Waals surface area (Å²) < 4.78 is 4.97. The van der Waals surface area contributed by atoms with E-state index in [2.05, 4.69) is 5.32 Å². The Labute approximate surface area is 180 Å². The number of hydrogen-bond donors (Lipinski definition) is 1. The van der Waals surface area contributed by atoms with Crippen LogP contribution < -0.4 is 5.32 Å². The summed E-state index contributed by atoms with van der Waals surface area (Å²) in [5.41, 5.74) is 2.46. The van der Waals surface area contributed by atoms with Crippen LogP contribution in [0.3, 0.4) is 0 Å². The highest BCUT2D eigenvalue weighted by atomic mass is 16.5. The molecule has 8 heteroatoms. The average Bonchev–Trinajstić information content (AvgIpc) is 2.81. The van der Waals surface area contributed by atoms with Gasteiger partial charge in [0.05, 0.1) is 0 Å². The zero-order valence-corrected chi connectivity index (χ0v) is 17.4. The van der Waals surface area contributed by atoms with Crippen LogP contribution in [0.2, 0.25) is 0 Å². The molecule has 0 aliphatic carbocycles. The van der Waals surface area contributed by atoms with E-state index in [1.165, 1.54) is 6.92 Å². The van der Waals surface area contributed by atoms with Crippen molar-refractivity contribution >= 4 is 23.7 Å². The molecule has 1 aliphatic rings. The summed E-state index contributed by atoms with van der Waals surface area (Å²) in [6.07, 6.45) is 0. The standard InChI is InChI=1S/C23H25N3O5/c1-17(27)25-11-13-26(14-12-25)21(28)16-31-22(29)15-24-23(30)20-9-7-19(8-10-20)18-5-3-2-4-6-18/h2-10H,11-16H2,1H3,(H,24,30). The first kappa shape index (κ1) is 22.0. The van der Waals surface area contributed by atoms with Crippen LogP contribution >= 0.6 is 0 Å². The molecule has 1 fully saturated rings. The van der Waals surface area contributed by atoms with E-state index in [4.69, 9.17) is 4.74 Å². The van der Waals surface area contributed by atoms with Crippen molar-refractivity contribution in [2.75, 3.05) is 39.3 Å². The number of ether oxygens (including phenoxy) is 1. The molecule has 162 valence electrons. The fraction of sp³-hybridized carbons (Fsp3) is 0.304. The third-order valence-corrected chi connectivity index (χ3v) is 5.08. The SMILES string of the molecule is CC(=O)N1CCN(C(=O)COC(=O)CNC(=O)c2ccc(-c3ccccc3)cc2)CC1. The molecular formula is C23H25N3O5. The number of nitrogens with one attached hydrogen (secondary N) is 1. The Balaban J connectivity index is 1.40. The molecule has 31 heavy (non-hydrogen) atoms. The highest BCUT2D eigenvalue weighted by Crippen LogP contribution is 2.19. The largest absolute Gasteiger partial charge is 0.454 e. The summed E-state index contributed by atoms with van der Waals surface area (Å²) in [6.45, 7) is 2.52. The lowest BCUT2D eigenvalue weighted by atomic mass is 10.0. The van der Waals surface area contributed by atoms with Gasteiger partial charge in [0.2, 0.25) is 5.91 Å². The zero-order chi connectivity index (χ0) is 22.2. The molecule has 0 saturated carbocycles. The molecule has 2 aromatic carbocycles. The van der Waals surface area contributed by atoms with Crippen LogP contribution in [0.25, 0.3) is 11.1 Å². The normalized spacial score (nSPS) is 13.5. The van der Waals surface area contributed by atoms with Crippen molar-refractivity contribution in [3.63, 3.8) is 0 Å². The van der Waals surface area contributed by atoms with Crippen LogP contribution in [0.1, 0.15) is 17.3 Å². The van der Waals surface area contributed by atoms with E-state index in [0.29, 0.717) is 31.7 Å². The van der Waals surface area contributed by atoms with Gasteiger partial charge >= 0.3 is 5.97 Å². The van der Waals surface area contributed by atoms with E-state index in [9.17, 15) is 19.2 Å². The van der Waals surface area contributed by atoms with Crippen LogP contribution in [0.5, 0.6) is 0 Å². The molecule has 1 N–H and O–H groups in total. The fourth-order valence-electron chi connectivity index (χ4n) is 3.25. The smallest absolute Gasteiger partial charge is 0.325 e. The predicted molar refractivity (Wildman–Crippen MR) is 114 cm³/mol. The molecule has 0 spiro atoms. The maximum atomic E-state index is 12.2. The first-order valence-electron chi connectivity index (χ1n) is 10.1. The second-order valence-corrected chi connectivity index (χ2v) is 7.17. The van der Waals surface area contributed by atoms with E-state index in [1.807, 2.05) is 42.5 Å². The molecule has 2 aromatic rings. The van der Waals surface area contributed by atoms with Gasteiger partial charge in [-0.1, -0.05) is 42.5 Å². The lowest BCUT2D eigenvalue weighted by Crippen LogP contribution is -2.51. The van der Waals surface area contributed by atoms with Crippen LogP contribution in [0, 0.1) is 0 Å². The fourth-order valence-corrected chi connectivity index (χ4v) is 3.25. The summed E-state index contributed by atoms with van der Waals surface area (Å²) in [7, 11) is 0. The summed E-state index contributed by atoms with van der Waals surface area (Å²) in [6, 6.07) is 16.8. The number of carbonyl (C=O) groups excluding carboxylic acids is 4. The Morgan fingerprint density at radius 1 is 0.839 bits per heavy atom. The van der Waals surface area contributed by atoms with Crippen molar-refractivity contribution in [2.24, 2.45) is 0 Å². The summed E-state index contributed by atoms with van der Waals surface area (Å²) >= 11 is 0. The molecule has 3 rings (SSSR count). The van der Waals surface area contributed by atoms with Crippen molar-refractivity contribution in [1.82, 2.24) is 15.1 Å². The molecule has 1 aliphatic heterocycles. The molecule has 0 atom stereocenters. The first-order valence-corrected chi connectivity index (χ1v) is 10.1. The van der Waals surface area contributed by atoms with Crippen LogP contribution in [-0.2, 0) is 19.1 Å². The first-order chi connectivity index (χ1) is 14.9. The molecule has 1 heterocycles. The third kappa shape index (κ3) is 6.15. The number of esters is 1. The molecule has 0 bridgehead atoms. The van der Waals surface area contributed by atoms with Gasteiger partial charge in [-0.25, -0.2) is 0 Å². The van der Waals surface area contributed by atoms with Crippen LogP contribution in [0.15, 0.2) is 54.6 Å². The number of rotatable bonds is 6. The number of benzene rings is 2. The maximum Gasteiger partial charge on any atom is 0.325 e. The van der Waals surface area contributed by atoms with E-state index in [1.54, 1.807) is 21.9 Å². The summed E-state index contributed by atoms with van der Waals surface area (Å²) in [4.78, 5) is 50.8. The topological polar surface area (TPSA) is 96.0 Å². The Bertz CT molecular complexity index is 935. The minimum absolute atomic E-state index is 0.0241. The Hall–Kier alpha value is -3.68. The Morgan fingerprint density at radius 2 is 1.42 bits per heavy atom. The van der Waals surface area contributed by atoms with Crippen molar-refractivity contribution in [1.29, 1.82) is 0 Å². The van der Waals surface area contributed by atoms with Crippen molar-refractivity contribution in [3.8, 4) is 11.1 Å². The minimum Gasteiger partial charge on any atom is -0.454 e. The van der Waals surface area contributed by atoms with Crippen molar-refractivity contribution < 1.29 is 23.9 Å². The Kier molecular flexibility index (Phi) is 7.37. The summed E-state index contributed by atoms with van der Waals surface area (Å²) in [5.74, 6) is -1.43. The van der Waals surface area contributed by atoms with Gasteiger partial charge in [0.15, 0.2) is 6.61 Å². The lowest BCUT2D eigenvalue weighted by molar-refractivity contribution is -0.152. The predicted octanol–water partition coefficient (Wildman–Crippen LogP) is 1.32.